The molecule has 2 aliphatic rings. The molecular weight excluding hydrogens is 192 g/mol. The predicted molar refractivity (Wildman–Crippen MR) is 63.9 cm³/mol. The summed E-state index contributed by atoms with van der Waals surface area (Å²) in [7, 11) is 0. The van der Waals surface area contributed by atoms with E-state index in [9.17, 15) is 0 Å². The summed E-state index contributed by atoms with van der Waals surface area (Å²) in [5.41, 5.74) is 0.429. The minimum atomic E-state index is 0.429. The van der Waals surface area contributed by atoms with Crippen molar-refractivity contribution in [2.75, 3.05) is 24.6 Å². The first kappa shape index (κ1) is 10.8. The van der Waals surface area contributed by atoms with Crippen molar-refractivity contribution in [2.24, 2.45) is 5.92 Å². The molecule has 2 aliphatic heterocycles. The molecule has 0 saturated carbocycles. The Morgan fingerprint density at radius 1 is 1.29 bits per heavy atom. The van der Waals surface area contributed by atoms with Gasteiger partial charge in [0.1, 0.15) is 0 Å². The highest BCUT2D eigenvalue weighted by atomic mass is 32.2. The van der Waals surface area contributed by atoms with Gasteiger partial charge in [-0.05, 0) is 30.3 Å². The maximum absolute atomic E-state index is 3.89. The van der Waals surface area contributed by atoms with Crippen LogP contribution in [0.25, 0.3) is 0 Å². The summed E-state index contributed by atoms with van der Waals surface area (Å²) in [6.07, 6.45) is 2.68. The van der Waals surface area contributed by atoms with Gasteiger partial charge in [0.2, 0.25) is 0 Å². The Morgan fingerprint density at radius 2 is 2.00 bits per heavy atom. The molecule has 0 bridgehead atoms. The van der Waals surface area contributed by atoms with Crippen LogP contribution in [0.3, 0.4) is 0 Å². The fourth-order valence-electron chi connectivity index (χ4n) is 2.45. The van der Waals surface area contributed by atoms with Gasteiger partial charge < -0.3 is 10.6 Å². The van der Waals surface area contributed by atoms with Gasteiger partial charge in [0.25, 0.3) is 0 Å². The monoisotopic (exact) mass is 214 g/mol. The number of piperazine rings is 1. The molecule has 0 radical (unpaired) electrons. The zero-order chi connectivity index (χ0) is 10.0. The molecule has 0 amide bonds. The van der Waals surface area contributed by atoms with Crippen LogP contribution >= 0.6 is 11.8 Å². The smallest absolute Gasteiger partial charge is 0.0325 e. The van der Waals surface area contributed by atoms with Crippen molar-refractivity contribution in [3.63, 3.8) is 0 Å². The van der Waals surface area contributed by atoms with Crippen LogP contribution < -0.4 is 10.6 Å². The van der Waals surface area contributed by atoms with Gasteiger partial charge in [-0.25, -0.2) is 0 Å². The van der Waals surface area contributed by atoms with Crippen molar-refractivity contribution in [1.29, 1.82) is 0 Å². The maximum atomic E-state index is 3.89. The van der Waals surface area contributed by atoms with E-state index in [0.29, 0.717) is 11.6 Å². The molecule has 14 heavy (non-hydrogen) atoms. The molecule has 0 aromatic rings. The molecule has 82 valence electrons. The standard InChI is InChI=1S/C11H22N2S/c1-9(2)10-7-12-8-11(13-10)3-5-14-6-4-11/h9-10,12-13H,3-8H2,1-2H3. The normalized spacial score (nSPS) is 32.4. The minimum Gasteiger partial charge on any atom is -0.313 e. The van der Waals surface area contributed by atoms with E-state index < -0.39 is 0 Å². The first-order valence-corrected chi connectivity index (χ1v) is 6.93. The number of rotatable bonds is 1. The van der Waals surface area contributed by atoms with Crippen molar-refractivity contribution in [3.8, 4) is 0 Å². The Balaban J connectivity index is 1.97. The van der Waals surface area contributed by atoms with Gasteiger partial charge in [-0.3, -0.25) is 0 Å². The van der Waals surface area contributed by atoms with Gasteiger partial charge in [-0.2, -0.15) is 11.8 Å². The summed E-state index contributed by atoms with van der Waals surface area (Å²) < 4.78 is 0. The zero-order valence-electron chi connectivity index (χ0n) is 9.31. The second-order valence-electron chi connectivity index (χ2n) is 5.02. The third-order valence-electron chi connectivity index (χ3n) is 3.57. The molecule has 1 atom stereocenters. The summed E-state index contributed by atoms with van der Waals surface area (Å²) in [5, 5.41) is 7.50. The third-order valence-corrected chi connectivity index (χ3v) is 4.56. The SMILES string of the molecule is CC(C)C1CNCC2(CCSCC2)N1. The Labute approximate surface area is 91.6 Å². The van der Waals surface area contributed by atoms with Crippen LogP contribution in [0, 0.1) is 5.92 Å². The molecule has 2 heterocycles. The maximum Gasteiger partial charge on any atom is 0.0325 e. The Hall–Kier alpha value is 0.270. The van der Waals surface area contributed by atoms with Crippen LogP contribution in [0.1, 0.15) is 26.7 Å². The topological polar surface area (TPSA) is 24.1 Å². The quantitative estimate of drug-likeness (QED) is 0.691. The molecule has 1 unspecified atom stereocenters. The average molecular weight is 214 g/mol. The van der Waals surface area contributed by atoms with E-state index in [1.807, 2.05) is 0 Å². The fourth-order valence-corrected chi connectivity index (χ4v) is 3.72. The first-order chi connectivity index (χ1) is 6.72. The molecule has 0 aromatic heterocycles. The summed E-state index contributed by atoms with van der Waals surface area (Å²) in [5.74, 6) is 3.41. The van der Waals surface area contributed by atoms with E-state index in [0.717, 1.165) is 12.5 Å². The van der Waals surface area contributed by atoms with E-state index in [-0.39, 0.29) is 0 Å². The lowest BCUT2D eigenvalue weighted by molar-refractivity contribution is 0.181. The van der Waals surface area contributed by atoms with Gasteiger partial charge in [-0.1, -0.05) is 13.8 Å². The molecule has 2 fully saturated rings. The number of hydrogen-bond acceptors (Lipinski definition) is 3. The average Bonchev–Trinajstić information content (AvgIpc) is 2.19. The van der Waals surface area contributed by atoms with Gasteiger partial charge in [0, 0.05) is 24.7 Å². The van der Waals surface area contributed by atoms with Crippen molar-refractivity contribution in [3.05, 3.63) is 0 Å². The van der Waals surface area contributed by atoms with Crippen molar-refractivity contribution >= 4 is 11.8 Å². The summed E-state index contributed by atoms with van der Waals surface area (Å²) in [6.45, 7) is 6.95. The second-order valence-corrected chi connectivity index (χ2v) is 6.24. The highest BCUT2D eigenvalue weighted by Gasteiger charge is 2.37. The van der Waals surface area contributed by atoms with Crippen LogP contribution in [0.5, 0.6) is 0 Å². The second kappa shape index (κ2) is 4.42. The van der Waals surface area contributed by atoms with Crippen molar-refractivity contribution in [2.45, 2.75) is 38.3 Å². The van der Waals surface area contributed by atoms with Gasteiger partial charge in [0.15, 0.2) is 0 Å². The Morgan fingerprint density at radius 3 is 2.64 bits per heavy atom. The highest BCUT2D eigenvalue weighted by molar-refractivity contribution is 7.99. The van der Waals surface area contributed by atoms with Crippen LogP contribution in [0.15, 0.2) is 0 Å². The van der Waals surface area contributed by atoms with Gasteiger partial charge in [0.05, 0.1) is 0 Å². The van der Waals surface area contributed by atoms with E-state index >= 15 is 0 Å². The molecule has 2 rings (SSSR count). The molecule has 1 spiro atoms. The number of thioether (sulfide) groups is 1. The lowest BCUT2D eigenvalue weighted by Gasteiger charge is -2.46. The predicted octanol–water partition coefficient (Wildman–Crippen LogP) is 1.47. The zero-order valence-corrected chi connectivity index (χ0v) is 10.1. The molecule has 2 nitrogen and oxygen atoms in total. The first-order valence-electron chi connectivity index (χ1n) is 5.78. The Kier molecular flexibility index (Phi) is 3.40. The fraction of sp³-hybridized carbons (Fsp3) is 1.00. The van der Waals surface area contributed by atoms with E-state index in [2.05, 4.69) is 36.2 Å². The molecule has 3 heteroatoms. The lowest BCUT2D eigenvalue weighted by atomic mass is 9.86. The van der Waals surface area contributed by atoms with Crippen molar-refractivity contribution < 1.29 is 0 Å². The summed E-state index contributed by atoms with van der Waals surface area (Å²) in [4.78, 5) is 0. The molecule has 2 saturated heterocycles. The number of hydrogen-bond donors (Lipinski definition) is 2. The van der Waals surface area contributed by atoms with Gasteiger partial charge >= 0.3 is 0 Å². The van der Waals surface area contributed by atoms with Crippen LogP contribution in [0.2, 0.25) is 0 Å². The summed E-state index contributed by atoms with van der Waals surface area (Å²) >= 11 is 2.10. The summed E-state index contributed by atoms with van der Waals surface area (Å²) in [6, 6.07) is 0.673. The van der Waals surface area contributed by atoms with Crippen LogP contribution in [-0.4, -0.2) is 36.2 Å². The van der Waals surface area contributed by atoms with Crippen LogP contribution in [0.4, 0.5) is 0 Å². The Bertz CT molecular complexity index is 182. The minimum absolute atomic E-state index is 0.429. The van der Waals surface area contributed by atoms with Crippen LogP contribution in [-0.2, 0) is 0 Å². The molecule has 0 aromatic carbocycles. The van der Waals surface area contributed by atoms with Gasteiger partial charge in [-0.15, -0.1) is 0 Å². The van der Waals surface area contributed by atoms with E-state index in [4.69, 9.17) is 0 Å². The molecule has 0 aliphatic carbocycles. The van der Waals surface area contributed by atoms with Crippen molar-refractivity contribution in [1.82, 2.24) is 10.6 Å². The molecular formula is C11H22N2S. The largest absolute Gasteiger partial charge is 0.313 e. The lowest BCUT2D eigenvalue weighted by Crippen LogP contribution is -2.66. The number of nitrogens with one attached hydrogen (secondary N) is 2. The van der Waals surface area contributed by atoms with E-state index in [1.165, 1.54) is 30.9 Å². The van der Waals surface area contributed by atoms with E-state index in [1.54, 1.807) is 0 Å². The highest BCUT2D eigenvalue weighted by Crippen LogP contribution is 2.29. The third kappa shape index (κ3) is 2.26. The molecule has 2 N–H and O–H groups in total.